The van der Waals surface area contributed by atoms with Crippen molar-refractivity contribution in [2.45, 2.75) is 43.6 Å². The summed E-state index contributed by atoms with van der Waals surface area (Å²) in [7, 11) is -3.83. The van der Waals surface area contributed by atoms with Gasteiger partial charge in [-0.15, -0.1) is 0 Å². The maximum atomic E-state index is 12.6. The number of hydroxylamine groups is 1. The number of sulfone groups is 1. The Hall–Kier alpha value is -2.75. The Morgan fingerprint density at radius 3 is 2.41 bits per heavy atom. The summed E-state index contributed by atoms with van der Waals surface area (Å²) in [6.45, 7) is 1.21. The van der Waals surface area contributed by atoms with Gasteiger partial charge in [0.1, 0.15) is 0 Å². The van der Waals surface area contributed by atoms with Crippen LogP contribution in [0.3, 0.4) is 0 Å². The normalized spacial score (nSPS) is 20.5. The van der Waals surface area contributed by atoms with Crippen LogP contribution in [0, 0.1) is 5.92 Å². The van der Waals surface area contributed by atoms with Gasteiger partial charge in [0.15, 0.2) is 14.6 Å². The molecule has 1 aromatic carbocycles. The molecule has 0 saturated heterocycles. The van der Waals surface area contributed by atoms with Crippen LogP contribution in [0.25, 0.3) is 17.2 Å². The molecule has 8 nitrogen and oxygen atoms in total. The minimum Gasteiger partial charge on any atom is -0.393 e. The lowest BCUT2D eigenvalue weighted by Gasteiger charge is -2.28. The van der Waals surface area contributed by atoms with Gasteiger partial charge in [-0.1, -0.05) is 36.4 Å². The van der Waals surface area contributed by atoms with E-state index < -0.39 is 20.5 Å². The average molecular weight is 461 g/mol. The van der Waals surface area contributed by atoms with Crippen LogP contribution in [0.2, 0.25) is 0 Å². The van der Waals surface area contributed by atoms with E-state index in [-0.39, 0.29) is 24.6 Å². The molecule has 1 amide bonds. The van der Waals surface area contributed by atoms with Crippen LogP contribution < -0.4 is 11.0 Å². The molecule has 32 heavy (non-hydrogen) atoms. The second-order valence-electron chi connectivity index (χ2n) is 8.51. The monoisotopic (exact) mass is 460 g/mol. The Bertz CT molecular complexity index is 1160. The van der Waals surface area contributed by atoms with Crippen molar-refractivity contribution in [1.82, 2.24) is 10.0 Å². The van der Waals surface area contributed by atoms with E-state index in [1.54, 1.807) is 12.3 Å². The summed E-state index contributed by atoms with van der Waals surface area (Å²) in [5.74, 6) is -0.613. The lowest BCUT2D eigenvalue weighted by atomic mass is 9.82. The van der Waals surface area contributed by atoms with Gasteiger partial charge in [-0.05, 0) is 54.9 Å². The fraction of sp³-hybridized carbons (Fsp3) is 0.391. The maximum Gasteiger partial charge on any atom is 0.264 e. The number of carbonyl (C=O) groups is 1. The molecule has 9 heteroatoms. The first-order chi connectivity index (χ1) is 15.0. The van der Waals surface area contributed by atoms with Crippen molar-refractivity contribution < 1.29 is 23.5 Å². The number of hydrogen-bond acceptors (Lipinski definition) is 6. The molecule has 1 saturated carbocycles. The van der Waals surface area contributed by atoms with Gasteiger partial charge in [-0.3, -0.25) is 14.8 Å². The first kappa shape index (κ1) is 23.9. The second-order valence-corrected chi connectivity index (χ2v) is 11.0. The number of carbonyl (C=O) groups excluding carboxylic acids is 1. The minimum atomic E-state index is -3.83. The molecule has 1 atom stereocenters. The van der Waals surface area contributed by atoms with E-state index in [2.05, 4.69) is 6.08 Å². The van der Waals surface area contributed by atoms with Gasteiger partial charge in [0.2, 0.25) is 0 Å². The number of nitrogens with one attached hydrogen (secondary N) is 1. The molecule has 0 spiro atoms. The number of hydrogen-bond donors (Lipinski definition) is 3. The summed E-state index contributed by atoms with van der Waals surface area (Å²) in [5, 5.41) is 18.3. The van der Waals surface area contributed by atoms with Crippen LogP contribution in [0.5, 0.6) is 0 Å². The fourth-order valence-corrected chi connectivity index (χ4v) is 4.46. The van der Waals surface area contributed by atoms with Gasteiger partial charge in [0, 0.05) is 25.1 Å². The number of pyridine rings is 1. The summed E-state index contributed by atoms with van der Waals surface area (Å²) in [5.41, 5.74) is 3.70. The lowest BCUT2D eigenvalue weighted by Crippen LogP contribution is -2.49. The molecular formula is C23H28N2O6S. The van der Waals surface area contributed by atoms with E-state index in [0.717, 1.165) is 35.8 Å². The Balaban J connectivity index is 1.71. The number of aliphatic hydroxyl groups excluding tert-OH is 1. The van der Waals surface area contributed by atoms with Gasteiger partial charge >= 0.3 is 0 Å². The Kier molecular flexibility index (Phi) is 7.02. The standard InChI is InChI=1S/C23H28N2O6S/c1-23(22(28)24-29,32(2,30)31)10-12-25-11-9-19(15-21(25)27)18-7-5-16(6-8-18)3-4-17-13-20(26)14-17/h3-9,11,15,17,20,26,29H,10,12-14H2,1-2H3,(H,24,28)/b4-3+. The predicted octanol–water partition coefficient (Wildman–Crippen LogP) is 2.00. The summed E-state index contributed by atoms with van der Waals surface area (Å²) in [6.07, 6.45) is 7.87. The highest BCUT2D eigenvalue weighted by atomic mass is 32.2. The van der Waals surface area contributed by atoms with Crippen molar-refractivity contribution in [3.63, 3.8) is 0 Å². The van der Waals surface area contributed by atoms with Gasteiger partial charge in [0.05, 0.1) is 6.10 Å². The van der Waals surface area contributed by atoms with Gasteiger partial charge in [-0.2, -0.15) is 0 Å². The number of aryl methyl sites for hydroxylation is 1. The van der Waals surface area contributed by atoms with Crippen LogP contribution in [0.4, 0.5) is 0 Å². The molecule has 0 aliphatic heterocycles. The zero-order chi connectivity index (χ0) is 23.5. The van der Waals surface area contributed by atoms with Crippen LogP contribution in [0.1, 0.15) is 31.7 Å². The van der Waals surface area contributed by atoms with Crippen molar-refractivity contribution >= 4 is 21.8 Å². The minimum absolute atomic E-state index is 0.00427. The van der Waals surface area contributed by atoms with Crippen molar-refractivity contribution in [1.29, 1.82) is 0 Å². The number of amides is 1. The molecule has 1 unspecified atom stereocenters. The van der Waals surface area contributed by atoms with E-state index in [1.807, 2.05) is 30.3 Å². The Morgan fingerprint density at radius 1 is 1.22 bits per heavy atom. The summed E-state index contributed by atoms with van der Waals surface area (Å²) < 4.78 is 23.6. The van der Waals surface area contributed by atoms with Crippen LogP contribution in [-0.2, 0) is 21.2 Å². The molecule has 0 radical (unpaired) electrons. The van der Waals surface area contributed by atoms with E-state index in [0.29, 0.717) is 5.92 Å². The topological polar surface area (TPSA) is 126 Å². The van der Waals surface area contributed by atoms with Crippen molar-refractivity contribution in [3.8, 4) is 11.1 Å². The van der Waals surface area contributed by atoms with Crippen LogP contribution in [-0.4, -0.2) is 46.3 Å². The van der Waals surface area contributed by atoms with Crippen LogP contribution in [0.15, 0.2) is 53.5 Å². The zero-order valence-corrected chi connectivity index (χ0v) is 18.9. The molecule has 1 aliphatic rings. The fourth-order valence-electron chi connectivity index (χ4n) is 3.61. The molecule has 0 bridgehead atoms. The molecule has 1 aliphatic carbocycles. The smallest absolute Gasteiger partial charge is 0.264 e. The molecule has 2 aromatic rings. The number of aliphatic hydroxyl groups is 1. The van der Waals surface area contributed by atoms with Crippen molar-refractivity contribution in [2.75, 3.05) is 6.26 Å². The molecule has 1 heterocycles. The number of nitrogens with zero attached hydrogens (tertiary/aromatic N) is 1. The zero-order valence-electron chi connectivity index (χ0n) is 18.1. The van der Waals surface area contributed by atoms with Gasteiger partial charge < -0.3 is 9.67 Å². The number of benzene rings is 1. The van der Waals surface area contributed by atoms with Gasteiger partial charge in [-0.25, -0.2) is 13.9 Å². The highest BCUT2D eigenvalue weighted by Crippen LogP contribution is 2.29. The Morgan fingerprint density at radius 2 is 1.88 bits per heavy atom. The number of rotatable bonds is 8. The van der Waals surface area contributed by atoms with Crippen LogP contribution >= 0.6 is 0 Å². The van der Waals surface area contributed by atoms with E-state index >= 15 is 0 Å². The average Bonchev–Trinajstić information content (AvgIpc) is 2.73. The van der Waals surface area contributed by atoms with Crippen molar-refractivity contribution in [3.05, 3.63) is 64.6 Å². The second kappa shape index (κ2) is 9.40. The Labute approximate surface area is 187 Å². The lowest BCUT2D eigenvalue weighted by molar-refractivity contribution is -0.131. The largest absolute Gasteiger partial charge is 0.393 e. The summed E-state index contributed by atoms with van der Waals surface area (Å²) >= 11 is 0. The number of allylic oxidation sites excluding steroid dienone is 1. The highest BCUT2D eigenvalue weighted by Gasteiger charge is 2.43. The van der Waals surface area contributed by atoms with Gasteiger partial charge in [0.25, 0.3) is 11.5 Å². The molecule has 3 N–H and O–H groups in total. The quantitative estimate of drug-likeness (QED) is 0.409. The molecular weight excluding hydrogens is 432 g/mol. The number of aromatic nitrogens is 1. The highest BCUT2D eigenvalue weighted by molar-refractivity contribution is 7.92. The third kappa shape index (κ3) is 5.17. The molecule has 1 aromatic heterocycles. The molecule has 3 rings (SSSR count). The summed E-state index contributed by atoms with van der Waals surface area (Å²) in [6, 6.07) is 11.0. The van der Waals surface area contributed by atoms with E-state index in [4.69, 9.17) is 5.21 Å². The molecule has 172 valence electrons. The first-order valence-electron chi connectivity index (χ1n) is 10.3. The molecule has 1 fully saturated rings. The first-order valence-corrected chi connectivity index (χ1v) is 12.2. The van der Waals surface area contributed by atoms with E-state index in [1.165, 1.54) is 23.0 Å². The van der Waals surface area contributed by atoms with E-state index in [9.17, 15) is 23.1 Å². The third-order valence-electron chi connectivity index (χ3n) is 6.18. The predicted molar refractivity (Wildman–Crippen MR) is 122 cm³/mol. The SMILES string of the molecule is CC(CCn1ccc(-c2ccc(/C=C/C3CC(O)C3)cc2)cc1=O)(C(=O)NO)S(C)(=O)=O. The van der Waals surface area contributed by atoms with Crippen molar-refractivity contribution in [2.24, 2.45) is 5.92 Å². The third-order valence-corrected chi connectivity index (χ3v) is 8.21. The summed E-state index contributed by atoms with van der Waals surface area (Å²) in [4.78, 5) is 24.5. The maximum absolute atomic E-state index is 12.6.